The van der Waals surface area contributed by atoms with Crippen molar-refractivity contribution in [2.45, 2.75) is 20.0 Å². The van der Waals surface area contributed by atoms with E-state index in [1.807, 2.05) is 84.9 Å². The zero-order chi connectivity index (χ0) is 24.9. The molecule has 180 valence electrons. The standard InChI is InChI=1S/C28H27NO5S/c1-21(30)35-20-24(18-22-12-14-26(15-13-22)34-25-10-6-3-7-11-25)28(32)29-17-16-27(31)33-19-23-8-4-2-5-9-23/h2-15,18H,16-17,19-20H2,1H3,(H,29,32)/b24-18+. The van der Waals surface area contributed by atoms with Crippen LogP contribution in [0.2, 0.25) is 0 Å². The number of carbonyl (C=O) groups is 3. The number of rotatable bonds is 11. The number of esters is 1. The summed E-state index contributed by atoms with van der Waals surface area (Å²) >= 11 is 1.05. The Balaban J connectivity index is 1.55. The molecule has 0 saturated heterocycles. The first-order valence-corrected chi connectivity index (χ1v) is 12.1. The molecule has 0 atom stereocenters. The van der Waals surface area contributed by atoms with Gasteiger partial charge in [0.25, 0.3) is 0 Å². The van der Waals surface area contributed by atoms with Gasteiger partial charge in [-0.15, -0.1) is 0 Å². The Morgan fingerprint density at radius 3 is 2.14 bits per heavy atom. The molecule has 35 heavy (non-hydrogen) atoms. The van der Waals surface area contributed by atoms with E-state index < -0.39 is 5.97 Å². The van der Waals surface area contributed by atoms with Gasteiger partial charge in [-0.25, -0.2) is 0 Å². The average molecular weight is 490 g/mol. The van der Waals surface area contributed by atoms with Crippen LogP contribution in [0.4, 0.5) is 0 Å². The summed E-state index contributed by atoms with van der Waals surface area (Å²) < 4.78 is 11.0. The Bertz CT molecular complexity index is 1140. The van der Waals surface area contributed by atoms with Crippen LogP contribution in [-0.2, 0) is 25.7 Å². The van der Waals surface area contributed by atoms with Crippen LogP contribution in [0.3, 0.4) is 0 Å². The largest absolute Gasteiger partial charge is 0.461 e. The van der Waals surface area contributed by atoms with E-state index in [0.717, 1.165) is 28.6 Å². The molecule has 0 fully saturated rings. The summed E-state index contributed by atoms with van der Waals surface area (Å²) in [7, 11) is 0. The molecule has 0 radical (unpaired) electrons. The van der Waals surface area contributed by atoms with Gasteiger partial charge in [0.1, 0.15) is 18.1 Å². The van der Waals surface area contributed by atoms with Gasteiger partial charge < -0.3 is 14.8 Å². The van der Waals surface area contributed by atoms with Gasteiger partial charge in [-0.05, 0) is 41.5 Å². The van der Waals surface area contributed by atoms with Gasteiger partial charge in [-0.3, -0.25) is 14.4 Å². The highest BCUT2D eigenvalue weighted by Gasteiger charge is 2.12. The molecule has 7 heteroatoms. The third-order valence-electron chi connectivity index (χ3n) is 4.78. The van der Waals surface area contributed by atoms with Crippen LogP contribution >= 0.6 is 11.8 Å². The lowest BCUT2D eigenvalue weighted by Gasteiger charge is -2.10. The van der Waals surface area contributed by atoms with Crippen molar-refractivity contribution >= 4 is 34.8 Å². The number of para-hydroxylation sites is 1. The van der Waals surface area contributed by atoms with Gasteiger partial charge in [-0.2, -0.15) is 0 Å². The molecule has 3 rings (SSSR count). The van der Waals surface area contributed by atoms with Gasteiger partial charge in [0.2, 0.25) is 5.91 Å². The molecular formula is C28H27NO5S. The van der Waals surface area contributed by atoms with Crippen LogP contribution < -0.4 is 10.1 Å². The number of thioether (sulfide) groups is 1. The molecule has 1 N–H and O–H groups in total. The van der Waals surface area contributed by atoms with Gasteiger partial charge >= 0.3 is 5.97 Å². The lowest BCUT2D eigenvalue weighted by Crippen LogP contribution is -2.28. The average Bonchev–Trinajstić information content (AvgIpc) is 2.87. The maximum absolute atomic E-state index is 12.7. The Hall–Kier alpha value is -3.84. The van der Waals surface area contributed by atoms with E-state index >= 15 is 0 Å². The zero-order valence-electron chi connectivity index (χ0n) is 19.4. The fourth-order valence-corrected chi connectivity index (χ4v) is 3.59. The molecule has 3 aromatic rings. The van der Waals surface area contributed by atoms with E-state index in [-0.39, 0.29) is 36.3 Å². The molecule has 6 nitrogen and oxygen atoms in total. The monoisotopic (exact) mass is 489 g/mol. The first-order chi connectivity index (χ1) is 17.0. The van der Waals surface area contributed by atoms with Gasteiger partial charge in [-0.1, -0.05) is 72.4 Å². The summed E-state index contributed by atoms with van der Waals surface area (Å²) in [4.78, 5) is 36.2. The van der Waals surface area contributed by atoms with Crippen LogP contribution in [0.1, 0.15) is 24.5 Å². The Morgan fingerprint density at radius 1 is 0.857 bits per heavy atom. The van der Waals surface area contributed by atoms with Crippen molar-refractivity contribution in [2.75, 3.05) is 12.3 Å². The summed E-state index contributed by atoms with van der Waals surface area (Å²) in [6.45, 7) is 1.79. The van der Waals surface area contributed by atoms with Gasteiger partial charge in [0.15, 0.2) is 5.12 Å². The van der Waals surface area contributed by atoms with E-state index in [1.165, 1.54) is 6.92 Å². The molecule has 3 aromatic carbocycles. The zero-order valence-corrected chi connectivity index (χ0v) is 20.3. The van der Waals surface area contributed by atoms with Crippen LogP contribution in [-0.4, -0.2) is 29.3 Å². The Morgan fingerprint density at radius 2 is 1.49 bits per heavy atom. The molecule has 0 aliphatic carbocycles. The molecule has 0 aromatic heterocycles. The number of benzene rings is 3. The minimum absolute atomic E-state index is 0.0528. The number of ether oxygens (including phenoxy) is 2. The lowest BCUT2D eigenvalue weighted by atomic mass is 10.1. The fraction of sp³-hybridized carbons (Fsp3) is 0.179. The van der Waals surface area contributed by atoms with Crippen LogP contribution in [0.25, 0.3) is 6.08 Å². The molecule has 0 heterocycles. The SMILES string of the molecule is CC(=O)SC/C(=C\c1ccc(Oc2ccccc2)cc1)C(=O)NCCC(=O)OCc1ccccc1. The second kappa shape index (κ2) is 13.8. The fourth-order valence-electron chi connectivity index (χ4n) is 3.01. The van der Waals surface area contributed by atoms with E-state index in [4.69, 9.17) is 9.47 Å². The predicted octanol–water partition coefficient (Wildman–Crippen LogP) is 5.39. The van der Waals surface area contributed by atoms with Crippen molar-refractivity contribution in [3.63, 3.8) is 0 Å². The second-order valence-corrected chi connectivity index (χ2v) is 8.74. The summed E-state index contributed by atoms with van der Waals surface area (Å²) in [5.41, 5.74) is 2.12. The van der Waals surface area contributed by atoms with Crippen molar-refractivity contribution in [1.29, 1.82) is 0 Å². The molecule has 0 spiro atoms. The third-order valence-corrected chi connectivity index (χ3v) is 5.64. The molecule has 0 aliphatic rings. The van der Waals surface area contributed by atoms with Crippen molar-refractivity contribution in [3.8, 4) is 11.5 Å². The summed E-state index contributed by atoms with van der Waals surface area (Å²) in [5, 5.41) is 2.66. The highest BCUT2D eigenvalue weighted by Crippen LogP contribution is 2.22. The highest BCUT2D eigenvalue weighted by atomic mass is 32.2. The maximum Gasteiger partial charge on any atom is 0.307 e. The molecule has 1 amide bonds. The van der Waals surface area contributed by atoms with E-state index in [2.05, 4.69) is 5.32 Å². The smallest absolute Gasteiger partial charge is 0.307 e. The minimum Gasteiger partial charge on any atom is -0.461 e. The predicted molar refractivity (Wildman–Crippen MR) is 138 cm³/mol. The normalized spacial score (nSPS) is 10.9. The summed E-state index contributed by atoms with van der Waals surface area (Å²) in [6.07, 6.45) is 1.78. The summed E-state index contributed by atoms with van der Waals surface area (Å²) in [5.74, 6) is 0.899. The van der Waals surface area contributed by atoms with Gasteiger partial charge in [0, 0.05) is 24.8 Å². The summed E-state index contributed by atoms with van der Waals surface area (Å²) in [6, 6.07) is 26.1. The Labute approximate surface area is 209 Å². The first kappa shape index (κ1) is 25.8. The maximum atomic E-state index is 12.7. The number of hydrogen-bond donors (Lipinski definition) is 1. The van der Waals surface area contributed by atoms with Crippen molar-refractivity contribution in [1.82, 2.24) is 5.32 Å². The van der Waals surface area contributed by atoms with E-state index in [1.54, 1.807) is 6.08 Å². The van der Waals surface area contributed by atoms with E-state index in [0.29, 0.717) is 11.3 Å². The number of nitrogens with one attached hydrogen (secondary N) is 1. The third kappa shape index (κ3) is 9.51. The van der Waals surface area contributed by atoms with Crippen LogP contribution in [0, 0.1) is 0 Å². The second-order valence-electron chi connectivity index (χ2n) is 7.59. The van der Waals surface area contributed by atoms with Crippen molar-refractivity contribution in [2.24, 2.45) is 0 Å². The number of amides is 1. The topological polar surface area (TPSA) is 81.7 Å². The lowest BCUT2D eigenvalue weighted by molar-refractivity contribution is -0.144. The molecule has 0 bridgehead atoms. The number of hydrogen-bond acceptors (Lipinski definition) is 6. The van der Waals surface area contributed by atoms with E-state index in [9.17, 15) is 14.4 Å². The van der Waals surface area contributed by atoms with Crippen molar-refractivity contribution < 1.29 is 23.9 Å². The minimum atomic E-state index is -0.396. The number of carbonyl (C=O) groups excluding carboxylic acids is 3. The van der Waals surface area contributed by atoms with Gasteiger partial charge in [0.05, 0.1) is 6.42 Å². The quantitative estimate of drug-likeness (QED) is 0.287. The Kier molecular flexibility index (Phi) is 10.1. The molecule has 0 saturated carbocycles. The molecular weight excluding hydrogens is 462 g/mol. The first-order valence-electron chi connectivity index (χ1n) is 11.1. The van der Waals surface area contributed by atoms with Crippen LogP contribution in [0.5, 0.6) is 11.5 Å². The van der Waals surface area contributed by atoms with Crippen molar-refractivity contribution in [3.05, 3.63) is 102 Å². The van der Waals surface area contributed by atoms with Crippen LogP contribution in [0.15, 0.2) is 90.5 Å². The molecule has 0 aliphatic heterocycles. The highest BCUT2D eigenvalue weighted by molar-refractivity contribution is 8.13. The molecule has 0 unspecified atom stereocenters.